The van der Waals surface area contributed by atoms with Gasteiger partial charge in [-0.15, -0.1) is 0 Å². The number of hydrogen-bond donors (Lipinski definition) is 16. The summed E-state index contributed by atoms with van der Waals surface area (Å²) in [6, 6.07) is 0. The quantitative estimate of drug-likeness (QED) is 0.0208. The maximum Gasteiger partial charge on any atom is 0.472 e. The van der Waals surface area contributed by atoms with Crippen LogP contribution in [-0.4, -0.2) is 272 Å². The number of phosphoric acid groups is 9. The Bertz CT molecular complexity index is 2410. The predicted octanol–water partition coefficient (Wildman–Crippen LogP) is -0.472. The molecule has 0 bridgehead atoms. The van der Waals surface area contributed by atoms with Gasteiger partial charge < -0.3 is 77.7 Å². The monoisotopic (exact) mass is 1560 g/mol. The van der Waals surface area contributed by atoms with Crippen LogP contribution in [-0.2, 0) is 142 Å². The first-order valence-electron chi connectivity index (χ1n) is 26.9. The Morgan fingerprint density at radius 1 is 0.258 bits per heavy atom. The lowest BCUT2D eigenvalue weighted by atomic mass is 10.2. The van der Waals surface area contributed by atoms with E-state index >= 15 is 0 Å². The molecule has 13 atom stereocenters. The van der Waals surface area contributed by atoms with Crippen molar-refractivity contribution in [1.82, 2.24) is 26.6 Å². The minimum Gasteiger partial charge on any atom is -0.394 e. The molecule has 0 rings (SSSR count). The van der Waals surface area contributed by atoms with E-state index in [4.69, 9.17) is 92.3 Å². The summed E-state index contributed by atoms with van der Waals surface area (Å²) in [6.45, 7) is -13.7. The minimum absolute atomic E-state index is 0.0982. The second-order valence-electron chi connectivity index (χ2n) is 17.7. The van der Waals surface area contributed by atoms with Gasteiger partial charge in [-0.2, -0.15) is 0 Å². The lowest BCUT2D eigenvalue weighted by molar-refractivity contribution is -0.0137. The lowest BCUT2D eigenvalue weighted by Gasteiger charge is -2.23. The standard InChI is InChI=1S/C37H90N5O42P9/c1-38-28-63-19-33(18-43)81-90(55,56)69-11-9-7-6-8-10-68-86(47,48)77-25-35(21-65-30-40-3)82-91(57,58)74-16-13-71-88(51,52)79-27-37(23-67-32-42-5)84-93(61,62)75-17-14-72-89(53,54)78-26-36(22-66-31-41-4)83-92(59,60)73-15-12-70-87(49,50)76-24-34(20-64-29-39-2)80-85(44,45)46/h33-43H,6-32H2,1-5H3,(H,47,48)(H,49,50)(H,51,52)(H,53,54)(H,55,56)(H,57,58)(H,59,60)(H,61,62)(H2,44,45,46). The summed E-state index contributed by atoms with van der Waals surface area (Å²) < 4.78 is 219. The van der Waals surface area contributed by atoms with Gasteiger partial charge in [0.15, 0.2) is 0 Å². The summed E-state index contributed by atoms with van der Waals surface area (Å²) in [4.78, 5) is 99.6. The SMILES string of the molecule is CNCOCC(COP(=O)(O)OCCOP(=O)(O)OC(COCNC)COP(=O)(O)OCCOP(=O)(O)OC(COCNC)COP(=O)(O)OCCOP(=O)(O)OC(COCNC)COP(=O)(O)OCCCCCCOP(=O)(O)OC(CO)COCNC)OP(=O)(O)O. The van der Waals surface area contributed by atoms with Gasteiger partial charge in [-0.1, -0.05) is 12.8 Å². The highest BCUT2D eigenvalue weighted by Crippen LogP contribution is 2.52. The highest BCUT2D eigenvalue weighted by atomic mass is 31.2. The summed E-state index contributed by atoms with van der Waals surface area (Å²) in [5.74, 6) is 0. The van der Waals surface area contributed by atoms with Crippen molar-refractivity contribution in [2.24, 2.45) is 0 Å². The van der Waals surface area contributed by atoms with Crippen LogP contribution in [0.15, 0.2) is 0 Å². The first kappa shape index (κ1) is 93.6. The highest BCUT2D eigenvalue weighted by Gasteiger charge is 2.36. The summed E-state index contributed by atoms with van der Waals surface area (Å²) in [5.41, 5.74) is 0. The van der Waals surface area contributed by atoms with Crippen molar-refractivity contribution in [2.45, 2.75) is 56.2 Å². The number of unbranched alkanes of at least 4 members (excludes halogenated alkanes) is 3. The molecule has 560 valence electrons. The fraction of sp³-hybridized carbons (Fsp3) is 1.00. The zero-order valence-electron chi connectivity index (χ0n) is 51.1. The molecule has 56 heteroatoms. The Labute approximate surface area is 535 Å². The highest BCUT2D eigenvalue weighted by molar-refractivity contribution is 7.49. The molecule has 0 heterocycles. The summed E-state index contributed by atoms with van der Waals surface area (Å²) in [7, 11) is -37.9. The molecule has 0 radical (unpaired) electrons. The molecule has 0 amide bonds. The molecular weight excluding hydrogens is 1470 g/mol. The van der Waals surface area contributed by atoms with Gasteiger partial charge in [0.1, 0.15) is 30.5 Å². The second-order valence-corrected chi connectivity index (χ2v) is 30.3. The van der Waals surface area contributed by atoms with E-state index in [0.717, 1.165) is 0 Å². The van der Waals surface area contributed by atoms with Crippen LogP contribution in [0.3, 0.4) is 0 Å². The summed E-state index contributed by atoms with van der Waals surface area (Å²) in [5, 5.41) is 22.3. The minimum atomic E-state index is -5.24. The van der Waals surface area contributed by atoms with Gasteiger partial charge in [0.05, 0.1) is 153 Å². The number of aliphatic hydroxyl groups is 1. The Morgan fingerprint density at radius 2 is 0.462 bits per heavy atom. The van der Waals surface area contributed by atoms with E-state index in [1.807, 2.05) is 0 Å². The van der Waals surface area contributed by atoms with E-state index in [0.29, 0.717) is 12.8 Å². The van der Waals surface area contributed by atoms with Crippen LogP contribution in [0.5, 0.6) is 0 Å². The average molecular weight is 1560 g/mol. The number of phosphoric ester groups is 9. The fourth-order valence-electron chi connectivity index (χ4n) is 5.78. The largest absolute Gasteiger partial charge is 0.472 e. The van der Waals surface area contributed by atoms with Crippen molar-refractivity contribution < 1.29 is 196 Å². The molecule has 0 aliphatic heterocycles. The summed E-state index contributed by atoms with van der Waals surface area (Å²) >= 11 is 0. The Morgan fingerprint density at radius 3 is 0.699 bits per heavy atom. The normalized spacial score (nSPS) is 19.4. The molecule has 0 saturated carbocycles. The smallest absolute Gasteiger partial charge is 0.394 e. The van der Waals surface area contributed by atoms with Crippen molar-refractivity contribution >= 4 is 70.4 Å². The predicted molar refractivity (Wildman–Crippen MR) is 311 cm³/mol. The van der Waals surface area contributed by atoms with Gasteiger partial charge in [-0.05, 0) is 48.1 Å². The van der Waals surface area contributed by atoms with Crippen LogP contribution in [0.25, 0.3) is 0 Å². The van der Waals surface area contributed by atoms with Crippen LogP contribution in [0.2, 0.25) is 0 Å². The van der Waals surface area contributed by atoms with Crippen LogP contribution in [0, 0.1) is 0 Å². The first-order chi connectivity index (χ1) is 43.4. The molecular formula is C37H90N5O42P9. The van der Waals surface area contributed by atoms with Gasteiger partial charge in [-0.25, -0.2) is 41.1 Å². The van der Waals surface area contributed by atoms with E-state index in [1.54, 1.807) is 7.05 Å². The van der Waals surface area contributed by atoms with E-state index in [9.17, 15) is 85.3 Å². The Hall–Kier alpha value is 0.550. The molecule has 13 unspecified atom stereocenters. The molecule has 0 aromatic carbocycles. The van der Waals surface area contributed by atoms with Crippen molar-refractivity contribution in [3.63, 3.8) is 0 Å². The van der Waals surface area contributed by atoms with Crippen molar-refractivity contribution in [1.29, 1.82) is 0 Å². The van der Waals surface area contributed by atoms with Crippen molar-refractivity contribution in [3.8, 4) is 0 Å². The van der Waals surface area contributed by atoms with Crippen LogP contribution in [0.4, 0.5) is 0 Å². The van der Waals surface area contributed by atoms with Crippen LogP contribution in [0.1, 0.15) is 25.7 Å². The average Bonchev–Trinajstić information content (AvgIpc) is 1.15. The third-order valence-corrected chi connectivity index (χ3v) is 18.2. The Kier molecular flexibility index (Phi) is 51.1. The van der Waals surface area contributed by atoms with Gasteiger partial charge in [-0.3, -0.25) is 103 Å². The zero-order valence-corrected chi connectivity index (χ0v) is 59.1. The molecule has 16 N–H and O–H groups in total. The second kappa shape index (κ2) is 50.8. The number of ether oxygens (including phenoxy) is 5. The Balaban J connectivity index is 5.19. The number of rotatable bonds is 67. The van der Waals surface area contributed by atoms with Crippen molar-refractivity contribution in [3.05, 3.63) is 0 Å². The fourth-order valence-corrected chi connectivity index (χ4v) is 12.8. The number of hydrogen-bond acceptors (Lipinski definition) is 37. The maximum atomic E-state index is 12.8. The van der Waals surface area contributed by atoms with Gasteiger partial charge in [0.2, 0.25) is 0 Å². The third-order valence-electron chi connectivity index (χ3n) is 9.39. The van der Waals surface area contributed by atoms with E-state index in [-0.39, 0.29) is 66.3 Å². The molecule has 0 aliphatic rings. The van der Waals surface area contributed by atoms with Gasteiger partial charge in [0, 0.05) is 0 Å². The van der Waals surface area contributed by atoms with Crippen molar-refractivity contribution in [2.75, 3.05) is 188 Å². The maximum absolute atomic E-state index is 12.8. The first-order valence-corrected chi connectivity index (χ1v) is 40.4. The van der Waals surface area contributed by atoms with Crippen LogP contribution < -0.4 is 26.6 Å². The van der Waals surface area contributed by atoms with Crippen LogP contribution >= 0.6 is 70.4 Å². The molecule has 0 aliphatic carbocycles. The molecule has 93 heavy (non-hydrogen) atoms. The zero-order chi connectivity index (χ0) is 70.6. The molecule has 47 nitrogen and oxygen atoms in total. The summed E-state index contributed by atoms with van der Waals surface area (Å²) in [6.07, 6.45) is -6.35. The van der Waals surface area contributed by atoms with E-state index in [2.05, 4.69) is 44.7 Å². The van der Waals surface area contributed by atoms with Gasteiger partial charge >= 0.3 is 70.4 Å². The molecule has 0 aromatic heterocycles. The topological polar surface area (TPSA) is 639 Å². The number of nitrogens with one attached hydrogen (secondary N) is 5. The third kappa shape index (κ3) is 55.9. The van der Waals surface area contributed by atoms with E-state index in [1.165, 1.54) is 28.2 Å². The number of aliphatic hydroxyl groups excluding tert-OH is 1. The lowest BCUT2D eigenvalue weighted by Crippen LogP contribution is -2.27. The van der Waals surface area contributed by atoms with E-state index < -0.39 is 200 Å². The molecule has 0 saturated heterocycles. The van der Waals surface area contributed by atoms with Gasteiger partial charge in [0.25, 0.3) is 0 Å². The molecule has 0 spiro atoms. The molecule has 0 fully saturated rings. The molecule has 0 aromatic rings.